The average molecular weight is 204 g/mol. The molecule has 0 aliphatic rings. The van der Waals surface area contributed by atoms with Gasteiger partial charge in [0.05, 0.1) is 0 Å². The Morgan fingerprint density at radius 1 is 1.46 bits per heavy atom. The summed E-state index contributed by atoms with van der Waals surface area (Å²) in [5.41, 5.74) is 4.92. The number of phenolic OH excluding ortho intramolecular Hbond substituents is 1. The van der Waals surface area contributed by atoms with Crippen molar-refractivity contribution in [3.8, 4) is 5.75 Å². The Morgan fingerprint density at radius 3 is 2.38 bits per heavy atom. The maximum Gasteiger partial charge on any atom is 0.171 e. The zero-order chi connectivity index (χ0) is 10.2. The van der Waals surface area contributed by atoms with Crippen molar-refractivity contribution in [2.45, 2.75) is 19.4 Å². The van der Waals surface area contributed by atoms with E-state index in [9.17, 15) is 4.39 Å². The molecular formula is C9H11ClFNO. The number of rotatable bonds is 1. The summed E-state index contributed by atoms with van der Waals surface area (Å²) in [5, 5.41) is 9.32. The molecule has 0 aromatic heterocycles. The van der Waals surface area contributed by atoms with Crippen molar-refractivity contribution in [1.82, 2.24) is 0 Å². The van der Waals surface area contributed by atoms with Crippen LogP contribution in [0.2, 0.25) is 5.02 Å². The predicted molar refractivity (Wildman–Crippen MR) is 50.3 cm³/mol. The third kappa shape index (κ3) is 1.92. The second-order valence-electron chi connectivity index (χ2n) is 3.48. The third-order valence-corrected chi connectivity index (χ3v) is 2.03. The highest BCUT2D eigenvalue weighted by Gasteiger charge is 2.24. The van der Waals surface area contributed by atoms with Crippen LogP contribution < -0.4 is 5.73 Å². The van der Waals surface area contributed by atoms with Crippen LogP contribution in [-0.2, 0) is 5.54 Å². The molecule has 0 fully saturated rings. The second kappa shape index (κ2) is 3.16. The zero-order valence-electron chi connectivity index (χ0n) is 7.44. The van der Waals surface area contributed by atoms with E-state index in [1.165, 1.54) is 12.1 Å². The van der Waals surface area contributed by atoms with Gasteiger partial charge in [-0.15, -0.1) is 0 Å². The van der Waals surface area contributed by atoms with Crippen LogP contribution in [0.1, 0.15) is 19.4 Å². The van der Waals surface area contributed by atoms with Crippen LogP contribution in [0.5, 0.6) is 5.75 Å². The molecule has 1 aromatic carbocycles. The lowest BCUT2D eigenvalue weighted by molar-refractivity contribution is 0.414. The van der Waals surface area contributed by atoms with E-state index in [0.717, 1.165) is 0 Å². The Labute approximate surface area is 81.1 Å². The van der Waals surface area contributed by atoms with E-state index in [1.807, 2.05) is 0 Å². The van der Waals surface area contributed by atoms with Crippen LogP contribution in [0.4, 0.5) is 4.39 Å². The molecule has 1 aromatic rings. The molecular weight excluding hydrogens is 193 g/mol. The highest BCUT2D eigenvalue weighted by Crippen LogP contribution is 2.32. The van der Waals surface area contributed by atoms with Crippen molar-refractivity contribution in [3.63, 3.8) is 0 Å². The minimum absolute atomic E-state index is 0.133. The number of hydrogen-bond acceptors (Lipinski definition) is 2. The highest BCUT2D eigenvalue weighted by atomic mass is 35.5. The minimum Gasteiger partial charge on any atom is -0.505 e. The molecule has 0 spiro atoms. The summed E-state index contributed by atoms with van der Waals surface area (Å²) < 4.78 is 13.3. The second-order valence-corrected chi connectivity index (χ2v) is 3.88. The Morgan fingerprint density at radius 2 is 2.00 bits per heavy atom. The van der Waals surface area contributed by atoms with Gasteiger partial charge in [0.15, 0.2) is 11.6 Å². The zero-order valence-corrected chi connectivity index (χ0v) is 8.19. The van der Waals surface area contributed by atoms with E-state index in [-0.39, 0.29) is 10.6 Å². The van der Waals surface area contributed by atoms with Gasteiger partial charge in [-0.25, -0.2) is 4.39 Å². The van der Waals surface area contributed by atoms with Gasteiger partial charge in [0.1, 0.15) is 0 Å². The van der Waals surface area contributed by atoms with Gasteiger partial charge in [0, 0.05) is 16.1 Å². The first-order valence-corrected chi connectivity index (χ1v) is 4.18. The molecule has 4 heteroatoms. The molecule has 0 unspecified atom stereocenters. The van der Waals surface area contributed by atoms with E-state index < -0.39 is 17.1 Å². The van der Waals surface area contributed by atoms with Gasteiger partial charge in [0.2, 0.25) is 0 Å². The topological polar surface area (TPSA) is 46.2 Å². The van der Waals surface area contributed by atoms with Gasteiger partial charge in [-0.2, -0.15) is 0 Å². The van der Waals surface area contributed by atoms with Crippen molar-refractivity contribution in [1.29, 1.82) is 0 Å². The molecule has 0 radical (unpaired) electrons. The number of phenols is 1. The summed E-state index contributed by atoms with van der Waals surface area (Å²) in [5.74, 6) is -1.18. The quantitative estimate of drug-likeness (QED) is 0.736. The normalized spacial score (nSPS) is 11.8. The summed E-state index contributed by atoms with van der Waals surface area (Å²) in [6, 6.07) is 2.62. The lowest BCUT2D eigenvalue weighted by Crippen LogP contribution is -2.30. The number of benzene rings is 1. The number of aromatic hydroxyl groups is 1. The third-order valence-electron chi connectivity index (χ3n) is 1.72. The van der Waals surface area contributed by atoms with Crippen LogP contribution >= 0.6 is 11.6 Å². The first-order chi connectivity index (χ1) is 5.84. The van der Waals surface area contributed by atoms with Crippen LogP contribution in [0.25, 0.3) is 0 Å². The maximum absolute atomic E-state index is 13.3. The van der Waals surface area contributed by atoms with Gasteiger partial charge < -0.3 is 10.8 Å². The largest absolute Gasteiger partial charge is 0.505 e. The highest BCUT2D eigenvalue weighted by molar-refractivity contribution is 6.31. The Bertz CT molecular complexity index is 333. The van der Waals surface area contributed by atoms with Crippen molar-refractivity contribution in [3.05, 3.63) is 28.5 Å². The number of hydrogen-bond donors (Lipinski definition) is 2. The van der Waals surface area contributed by atoms with Crippen LogP contribution in [0.3, 0.4) is 0 Å². The Hall–Kier alpha value is -0.800. The molecule has 0 saturated carbocycles. The molecule has 0 amide bonds. The molecule has 3 N–H and O–H groups in total. The van der Waals surface area contributed by atoms with Crippen LogP contribution in [-0.4, -0.2) is 5.11 Å². The van der Waals surface area contributed by atoms with Crippen molar-refractivity contribution in [2.75, 3.05) is 0 Å². The Kier molecular flexibility index (Phi) is 2.50. The van der Waals surface area contributed by atoms with Crippen molar-refractivity contribution < 1.29 is 9.50 Å². The van der Waals surface area contributed by atoms with E-state index in [1.54, 1.807) is 13.8 Å². The first kappa shape index (κ1) is 10.3. The van der Waals surface area contributed by atoms with Gasteiger partial charge in [0.25, 0.3) is 0 Å². The van der Waals surface area contributed by atoms with E-state index in [0.29, 0.717) is 0 Å². The summed E-state index contributed by atoms with van der Waals surface area (Å²) in [6.07, 6.45) is 0. The van der Waals surface area contributed by atoms with E-state index in [4.69, 9.17) is 22.4 Å². The number of halogens is 2. The predicted octanol–water partition coefficient (Wildman–Crippen LogP) is 2.38. The Balaban J connectivity index is 3.43. The van der Waals surface area contributed by atoms with Crippen molar-refractivity contribution >= 4 is 11.6 Å². The fourth-order valence-electron chi connectivity index (χ4n) is 1.13. The molecule has 13 heavy (non-hydrogen) atoms. The monoisotopic (exact) mass is 203 g/mol. The molecule has 0 aliphatic heterocycles. The fraction of sp³-hybridized carbons (Fsp3) is 0.333. The summed E-state index contributed by atoms with van der Waals surface area (Å²) in [6.45, 7) is 3.24. The van der Waals surface area contributed by atoms with E-state index >= 15 is 0 Å². The van der Waals surface area contributed by atoms with Gasteiger partial charge in [-0.3, -0.25) is 0 Å². The lowest BCUT2D eigenvalue weighted by Gasteiger charge is -2.21. The lowest BCUT2D eigenvalue weighted by atomic mass is 9.95. The van der Waals surface area contributed by atoms with Crippen LogP contribution in [0, 0.1) is 5.82 Å². The van der Waals surface area contributed by atoms with Gasteiger partial charge >= 0.3 is 0 Å². The molecule has 0 heterocycles. The minimum atomic E-state index is -0.903. The first-order valence-electron chi connectivity index (χ1n) is 3.80. The summed E-state index contributed by atoms with van der Waals surface area (Å²) in [4.78, 5) is 0. The average Bonchev–Trinajstić information content (AvgIpc) is 1.95. The standard InChI is InChI=1S/C9H11ClFNO/c1-9(2,12)7-5(10)3-4-6(13)8(7)11/h3-4,13H,12H2,1-2H3. The van der Waals surface area contributed by atoms with Gasteiger partial charge in [-0.05, 0) is 26.0 Å². The molecule has 0 saturated heterocycles. The van der Waals surface area contributed by atoms with Gasteiger partial charge in [-0.1, -0.05) is 11.6 Å². The van der Waals surface area contributed by atoms with Crippen molar-refractivity contribution in [2.24, 2.45) is 5.73 Å². The van der Waals surface area contributed by atoms with E-state index in [2.05, 4.69) is 0 Å². The molecule has 72 valence electrons. The van der Waals surface area contributed by atoms with Crippen LogP contribution in [0.15, 0.2) is 12.1 Å². The molecule has 2 nitrogen and oxygen atoms in total. The maximum atomic E-state index is 13.3. The smallest absolute Gasteiger partial charge is 0.171 e. The molecule has 0 atom stereocenters. The fourth-order valence-corrected chi connectivity index (χ4v) is 1.52. The SMILES string of the molecule is CC(C)(N)c1c(Cl)ccc(O)c1F. The number of nitrogens with two attached hydrogens (primary N) is 1. The molecule has 1 rings (SSSR count). The molecule has 0 aliphatic carbocycles. The summed E-state index contributed by atoms with van der Waals surface area (Å²) >= 11 is 5.76. The molecule has 0 bridgehead atoms. The summed E-state index contributed by atoms with van der Waals surface area (Å²) in [7, 11) is 0.